The van der Waals surface area contributed by atoms with E-state index in [0.29, 0.717) is 6.54 Å². The molecule has 0 atom stereocenters. The van der Waals surface area contributed by atoms with Crippen LogP contribution in [0.25, 0.3) is 0 Å². The van der Waals surface area contributed by atoms with Gasteiger partial charge in [0.1, 0.15) is 0 Å². The molecule has 0 saturated carbocycles. The van der Waals surface area contributed by atoms with Crippen LogP contribution >= 0.6 is 0 Å². The summed E-state index contributed by atoms with van der Waals surface area (Å²) in [5, 5.41) is 0. The second-order valence-electron chi connectivity index (χ2n) is 1.83. The van der Waals surface area contributed by atoms with Gasteiger partial charge in [-0.3, -0.25) is 0 Å². The monoisotopic (exact) mass is 114 g/mol. The van der Waals surface area contributed by atoms with Gasteiger partial charge in [-0.05, 0) is 19.9 Å². The lowest BCUT2D eigenvalue weighted by atomic mass is 10.2. The summed E-state index contributed by atoms with van der Waals surface area (Å²) in [5.74, 6) is 0. The van der Waals surface area contributed by atoms with Gasteiger partial charge in [0.05, 0.1) is 0 Å². The molecule has 0 aliphatic heterocycles. The first-order chi connectivity index (χ1) is 3.81. The average molecular weight is 114 g/mol. The Morgan fingerprint density at radius 1 is 1.50 bits per heavy atom. The molecule has 0 aliphatic rings. The predicted octanol–water partition coefficient (Wildman–Crippen LogP) is 0.240. The van der Waals surface area contributed by atoms with E-state index in [2.05, 4.69) is 6.08 Å². The normalized spacial score (nSPS) is 12.1. The summed E-state index contributed by atoms with van der Waals surface area (Å²) in [7, 11) is 0. The zero-order valence-electron chi connectivity index (χ0n) is 5.35. The molecule has 0 radical (unpaired) electrons. The molecule has 0 amide bonds. The number of hydrogen-bond acceptors (Lipinski definition) is 2. The number of nitrogens with two attached hydrogens (primary N) is 2. The molecule has 0 aromatic heterocycles. The standard InChI is InChI=1S/C6H14N2/c1-6(5-8)3-2-4-7/h3H,2,4-5,7-8H2,1H3/b6-3+. The topological polar surface area (TPSA) is 52.0 Å². The molecule has 0 spiro atoms. The Morgan fingerprint density at radius 2 is 2.12 bits per heavy atom. The molecule has 0 aromatic carbocycles. The van der Waals surface area contributed by atoms with E-state index in [0.717, 1.165) is 13.0 Å². The largest absolute Gasteiger partial charge is 0.330 e. The van der Waals surface area contributed by atoms with Gasteiger partial charge in [0.25, 0.3) is 0 Å². The highest BCUT2D eigenvalue weighted by atomic mass is 14.5. The Kier molecular flexibility index (Phi) is 4.61. The highest BCUT2D eigenvalue weighted by Crippen LogP contribution is 1.89. The van der Waals surface area contributed by atoms with Crippen LogP contribution < -0.4 is 11.5 Å². The Hall–Kier alpha value is -0.340. The second-order valence-corrected chi connectivity index (χ2v) is 1.83. The van der Waals surface area contributed by atoms with Crippen molar-refractivity contribution in [2.24, 2.45) is 11.5 Å². The molecule has 0 bridgehead atoms. The summed E-state index contributed by atoms with van der Waals surface area (Å²) in [6.45, 7) is 3.38. The van der Waals surface area contributed by atoms with Gasteiger partial charge >= 0.3 is 0 Å². The second kappa shape index (κ2) is 4.81. The first-order valence-electron chi connectivity index (χ1n) is 2.87. The Bertz CT molecular complexity index is 76.6. The maximum Gasteiger partial charge on any atom is 0.0134 e. The molecule has 0 aliphatic carbocycles. The Balaban J connectivity index is 3.26. The third kappa shape index (κ3) is 3.84. The summed E-state index contributed by atoms with van der Waals surface area (Å²) >= 11 is 0. The summed E-state index contributed by atoms with van der Waals surface area (Å²) in [6.07, 6.45) is 3.02. The molecular formula is C6H14N2. The molecule has 0 saturated heterocycles. The maximum atomic E-state index is 5.30. The van der Waals surface area contributed by atoms with Crippen LogP contribution in [0.5, 0.6) is 0 Å². The lowest BCUT2D eigenvalue weighted by molar-refractivity contribution is 0.982. The summed E-state index contributed by atoms with van der Waals surface area (Å²) in [6, 6.07) is 0. The van der Waals surface area contributed by atoms with E-state index in [1.165, 1.54) is 5.57 Å². The SMILES string of the molecule is C/C(=C\CCN)CN. The van der Waals surface area contributed by atoms with Gasteiger partial charge in [-0.15, -0.1) is 0 Å². The molecular weight excluding hydrogens is 100 g/mol. The highest BCUT2D eigenvalue weighted by molar-refractivity contribution is 4.98. The minimum atomic E-state index is 0.653. The molecule has 2 nitrogen and oxygen atoms in total. The molecule has 8 heavy (non-hydrogen) atoms. The van der Waals surface area contributed by atoms with Crippen LogP contribution in [0.2, 0.25) is 0 Å². The lowest BCUT2D eigenvalue weighted by Gasteiger charge is -1.91. The number of hydrogen-bond donors (Lipinski definition) is 2. The van der Waals surface area contributed by atoms with Crippen LogP contribution in [0.1, 0.15) is 13.3 Å². The van der Waals surface area contributed by atoms with E-state index >= 15 is 0 Å². The molecule has 2 heteroatoms. The van der Waals surface area contributed by atoms with Crippen LogP contribution in [0, 0.1) is 0 Å². The predicted molar refractivity (Wildman–Crippen MR) is 36.5 cm³/mol. The fourth-order valence-corrected chi connectivity index (χ4v) is 0.413. The van der Waals surface area contributed by atoms with Gasteiger partial charge < -0.3 is 11.5 Å². The fourth-order valence-electron chi connectivity index (χ4n) is 0.413. The van der Waals surface area contributed by atoms with Crippen LogP contribution in [-0.4, -0.2) is 13.1 Å². The summed E-state index contributed by atoms with van der Waals surface area (Å²) in [4.78, 5) is 0. The van der Waals surface area contributed by atoms with E-state index in [1.54, 1.807) is 0 Å². The summed E-state index contributed by atoms with van der Waals surface area (Å²) in [5.41, 5.74) is 11.8. The van der Waals surface area contributed by atoms with E-state index < -0.39 is 0 Å². The lowest BCUT2D eigenvalue weighted by Crippen LogP contribution is -2.01. The van der Waals surface area contributed by atoms with Crippen molar-refractivity contribution in [2.45, 2.75) is 13.3 Å². The molecule has 0 rings (SSSR count). The van der Waals surface area contributed by atoms with Gasteiger partial charge in [0.15, 0.2) is 0 Å². The van der Waals surface area contributed by atoms with Crippen molar-refractivity contribution in [2.75, 3.05) is 13.1 Å². The van der Waals surface area contributed by atoms with Gasteiger partial charge in [-0.25, -0.2) is 0 Å². The molecule has 4 N–H and O–H groups in total. The third-order valence-corrected chi connectivity index (χ3v) is 0.981. The van der Waals surface area contributed by atoms with E-state index in [-0.39, 0.29) is 0 Å². The molecule has 0 fully saturated rings. The zero-order valence-corrected chi connectivity index (χ0v) is 5.35. The van der Waals surface area contributed by atoms with Crippen LogP contribution in [0.15, 0.2) is 11.6 Å². The first-order valence-corrected chi connectivity index (χ1v) is 2.87. The van der Waals surface area contributed by atoms with Gasteiger partial charge in [0, 0.05) is 6.54 Å². The highest BCUT2D eigenvalue weighted by Gasteiger charge is 1.79. The van der Waals surface area contributed by atoms with Crippen molar-refractivity contribution in [1.29, 1.82) is 0 Å². The summed E-state index contributed by atoms with van der Waals surface area (Å²) < 4.78 is 0. The fraction of sp³-hybridized carbons (Fsp3) is 0.667. The van der Waals surface area contributed by atoms with Crippen LogP contribution in [0.4, 0.5) is 0 Å². The Morgan fingerprint density at radius 3 is 2.50 bits per heavy atom. The average Bonchev–Trinajstić information content (AvgIpc) is 1.83. The van der Waals surface area contributed by atoms with Crippen LogP contribution in [-0.2, 0) is 0 Å². The minimum absolute atomic E-state index is 0.653. The third-order valence-electron chi connectivity index (χ3n) is 0.981. The van der Waals surface area contributed by atoms with Crippen molar-refractivity contribution < 1.29 is 0 Å². The van der Waals surface area contributed by atoms with Crippen LogP contribution in [0.3, 0.4) is 0 Å². The maximum absolute atomic E-state index is 5.30. The van der Waals surface area contributed by atoms with Crippen molar-refractivity contribution in [3.05, 3.63) is 11.6 Å². The van der Waals surface area contributed by atoms with Crippen molar-refractivity contribution >= 4 is 0 Å². The van der Waals surface area contributed by atoms with E-state index in [4.69, 9.17) is 11.5 Å². The van der Waals surface area contributed by atoms with Gasteiger partial charge in [0.2, 0.25) is 0 Å². The van der Waals surface area contributed by atoms with Crippen molar-refractivity contribution in [3.63, 3.8) is 0 Å². The molecule has 0 unspecified atom stereocenters. The van der Waals surface area contributed by atoms with Gasteiger partial charge in [-0.2, -0.15) is 0 Å². The van der Waals surface area contributed by atoms with E-state index in [1.807, 2.05) is 6.92 Å². The molecule has 48 valence electrons. The molecule has 0 aromatic rings. The van der Waals surface area contributed by atoms with Crippen molar-refractivity contribution in [3.8, 4) is 0 Å². The van der Waals surface area contributed by atoms with Gasteiger partial charge in [-0.1, -0.05) is 11.6 Å². The van der Waals surface area contributed by atoms with E-state index in [9.17, 15) is 0 Å². The minimum Gasteiger partial charge on any atom is -0.330 e. The smallest absolute Gasteiger partial charge is 0.0134 e. The zero-order chi connectivity index (χ0) is 6.41. The first kappa shape index (κ1) is 7.66. The van der Waals surface area contributed by atoms with Crippen molar-refractivity contribution in [1.82, 2.24) is 0 Å². The Labute approximate surface area is 50.6 Å². The number of rotatable bonds is 3. The molecule has 0 heterocycles. The quantitative estimate of drug-likeness (QED) is 0.516.